The molecule has 0 spiro atoms. The molecule has 108 valence electrons. The number of aromatic nitrogens is 1. The number of halogens is 1. The fourth-order valence-electron chi connectivity index (χ4n) is 1.91. The van der Waals surface area contributed by atoms with Crippen molar-refractivity contribution in [3.05, 3.63) is 32.7 Å². The van der Waals surface area contributed by atoms with Crippen molar-refractivity contribution in [3.63, 3.8) is 0 Å². The highest BCUT2D eigenvalue weighted by Gasteiger charge is 2.23. The van der Waals surface area contributed by atoms with Crippen LogP contribution in [0.15, 0.2) is 20.9 Å². The molecule has 0 fully saturated rings. The zero-order chi connectivity index (χ0) is 15.1. The number of hydrogen-bond donors (Lipinski definition) is 2. The summed E-state index contributed by atoms with van der Waals surface area (Å²) in [6.45, 7) is 5.31. The van der Waals surface area contributed by atoms with E-state index in [1.165, 1.54) is 11.3 Å². The molecule has 0 unspecified atom stereocenters. The van der Waals surface area contributed by atoms with Gasteiger partial charge in [0.25, 0.3) is 10.0 Å². The van der Waals surface area contributed by atoms with Crippen LogP contribution >= 0.6 is 27.3 Å². The van der Waals surface area contributed by atoms with E-state index < -0.39 is 10.0 Å². The summed E-state index contributed by atoms with van der Waals surface area (Å²) in [7, 11) is -3.71. The van der Waals surface area contributed by atoms with E-state index in [4.69, 9.17) is 5.73 Å². The van der Waals surface area contributed by atoms with E-state index in [-0.39, 0.29) is 4.90 Å². The van der Waals surface area contributed by atoms with Crippen LogP contribution in [-0.2, 0) is 10.0 Å². The van der Waals surface area contributed by atoms with E-state index in [1.807, 2.05) is 6.92 Å². The number of rotatable bonds is 3. The van der Waals surface area contributed by atoms with Crippen molar-refractivity contribution in [3.8, 4) is 0 Å². The quantitative estimate of drug-likeness (QED) is 0.806. The number of anilines is 2. The maximum absolute atomic E-state index is 12.5. The molecular weight excluding hydrogens is 362 g/mol. The molecule has 0 saturated heterocycles. The second-order valence-electron chi connectivity index (χ2n) is 4.44. The van der Waals surface area contributed by atoms with Crippen LogP contribution in [0.1, 0.15) is 16.7 Å². The third-order valence-electron chi connectivity index (χ3n) is 3.05. The first-order chi connectivity index (χ1) is 9.22. The van der Waals surface area contributed by atoms with Crippen molar-refractivity contribution in [2.75, 3.05) is 10.5 Å². The molecule has 0 saturated carbocycles. The van der Waals surface area contributed by atoms with Gasteiger partial charge in [-0.3, -0.25) is 4.72 Å². The van der Waals surface area contributed by atoms with E-state index in [2.05, 4.69) is 25.6 Å². The van der Waals surface area contributed by atoms with Crippen LogP contribution in [0, 0.1) is 20.8 Å². The van der Waals surface area contributed by atoms with E-state index in [1.54, 1.807) is 26.1 Å². The summed E-state index contributed by atoms with van der Waals surface area (Å²) in [5.41, 5.74) is 8.43. The zero-order valence-electron chi connectivity index (χ0n) is 11.2. The Kier molecular flexibility index (Phi) is 4.08. The van der Waals surface area contributed by atoms with Gasteiger partial charge in [-0.2, -0.15) is 0 Å². The molecule has 0 atom stereocenters. The number of nitrogens with one attached hydrogen (secondary N) is 1. The number of hydrogen-bond acceptors (Lipinski definition) is 5. The van der Waals surface area contributed by atoms with Crippen LogP contribution in [-0.4, -0.2) is 13.4 Å². The van der Waals surface area contributed by atoms with Gasteiger partial charge in [-0.1, -0.05) is 11.3 Å². The maximum atomic E-state index is 12.5. The normalized spacial score (nSPS) is 11.6. The minimum atomic E-state index is -3.71. The van der Waals surface area contributed by atoms with E-state index in [0.29, 0.717) is 21.9 Å². The van der Waals surface area contributed by atoms with Gasteiger partial charge in [0, 0.05) is 5.69 Å². The highest BCUT2D eigenvalue weighted by Crippen LogP contribution is 2.31. The maximum Gasteiger partial charge on any atom is 0.264 e. The van der Waals surface area contributed by atoms with Gasteiger partial charge < -0.3 is 5.73 Å². The number of sulfonamides is 1. The fraction of sp³-hybridized carbons (Fsp3) is 0.250. The van der Waals surface area contributed by atoms with Crippen molar-refractivity contribution in [1.29, 1.82) is 0 Å². The number of thiazole rings is 1. The van der Waals surface area contributed by atoms with Gasteiger partial charge >= 0.3 is 0 Å². The van der Waals surface area contributed by atoms with E-state index >= 15 is 0 Å². The van der Waals surface area contributed by atoms with Crippen LogP contribution < -0.4 is 10.5 Å². The monoisotopic (exact) mass is 375 g/mol. The molecule has 0 aliphatic carbocycles. The molecule has 2 rings (SSSR count). The first kappa shape index (κ1) is 15.3. The van der Waals surface area contributed by atoms with Gasteiger partial charge in [0.15, 0.2) is 5.13 Å². The molecule has 2 aromatic rings. The Labute approximate surface area is 130 Å². The highest BCUT2D eigenvalue weighted by atomic mass is 79.9. The van der Waals surface area contributed by atoms with Crippen LogP contribution in [0.25, 0.3) is 0 Å². The molecule has 0 bridgehead atoms. The average Bonchev–Trinajstić information content (AvgIpc) is 2.71. The molecule has 20 heavy (non-hydrogen) atoms. The Balaban J connectivity index is 2.55. The minimum Gasteiger partial charge on any atom is -0.398 e. The number of nitrogens with zero attached hydrogens (tertiary/aromatic N) is 1. The topological polar surface area (TPSA) is 85.1 Å². The zero-order valence-corrected chi connectivity index (χ0v) is 14.4. The van der Waals surface area contributed by atoms with Crippen molar-refractivity contribution in [2.24, 2.45) is 0 Å². The van der Waals surface area contributed by atoms with Gasteiger partial charge in [-0.25, -0.2) is 13.4 Å². The second kappa shape index (κ2) is 5.34. The Morgan fingerprint density at radius 1 is 1.30 bits per heavy atom. The third-order valence-corrected chi connectivity index (χ3v) is 6.18. The molecule has 1 aromatic heterocycles. The molecule has 0 radical (unpaired) electrons. The lowest BCUT2D eigenvalue weighted by Crippen LogP contribution is -2.17. The van der Waals surface area contributed by atoms with Gasteiger partial charge in [0.05, 0.1) is 14.9 Å². The lowest BCUT2D eigenvalue weighted by Gasteiger charge is -2.15. The summed E-state index contributed by atoms with van der Waals surface area (Å²) in [5.74, 6) is 0. The first-order valence-electron chi connectivity index (χ1n) is 5.73. The van der Waals surface area contributed by atoms with Crippen molar-refractivity contribution in [2.45, 2.75) is 25.7 Å². The molecule has 3 N–H and O–H groups in total. The first-order valence-corrected chi connectivity index (χ1v) is 8.82. The number of aryl methyl sites for hydroxylation is 1. The second-order valence-corrected chi connectivity index (χ2v) is 8.47. The number of benzene rings is 1. The lowest BCUT2D eigenvalue weighted by molar-refractivity contribution is 0.600. The molecule has 0 amide bonds. The lowest BCUT2D eigenvalue weighted by atomic mass is 10.1. The van der Waals surface area contributed by atoms with Crippen LogP contribution in [0.4, 0.5) is 10.8 Å². The van der Waals surface area contributed by atoms with Crippen molar-refractivity contribution in [1.82, 2.24) is 4.98 Å². The Bertz CT molecular complexity index is 743. The van der Waals surface area contributed by atoms with Gasteiger partial charge in [-0.05, 0) is 59.5 Å². The molecular formula is C12H14BrN3O2S2. The smallest absolute Gasteiger partial charge is 0.264 e. The minimum absolute atomic E-state index is 0.223. The van der Waals surface area contributed by atoms with E-state index in [0.717, 1.165) is 9.35 Å². The SMILES string of the molecule is Cc1cc(N)c(C)c(S(=O)(=O)Nc2ncc(Br)s2)c1C. The summed E-state index contributed by atoms with van der Waals surface area (Å²) in [5, 5.41) is 0.316. The van der Waals surface area contributed by atoms with Crippen molar-refractivity contribution < 1.29 is 8.42 Å². The molecule has 1 aromatic carbocycles. The predicted octanol–water partition coefficient (Wildman–Crippen LogP) is 3.21. The summed E-state index contributed by atoms with van der Waals surface area (Å²) >= 11 is 4.46. The molecule has 1 heterocycles. The molecule has 0 aliphatic heterocycles. The summed E-state index contributed by atoms with van der Waals surface area (Å²) in [6.07, 6.45) is 1.55. The number of nitrogens with two attached hydrogens (primary N) is 1. The highest BCUT2D eigenvalue weighted by molar-refractivity contribution is 9.11. The van der Waals surface area contributed by atoms with Crippen LogP contribution in [0.3, 0.4) is 0 Å². The molecule has 0 aliphatic rings. The largest absolute Gasteiger partial charge is 0.398 e. The average molecular weight is 376 g/mol. The molecule has 5 nitrogen and oxygen atoms in total. The van der Waals surface area contributed by atoms with Gasteiger partial charge in [0.1, 0.15) is 0 Å². The Morgan fingerprint density at radius 2 is 1.95 bits per heavy atom. The standard InChI is InChI=1S/C12H14BrN3O2S2/c1-6-4-9(14)8(3)11(7(6)2)20(17,18)16-12-15-5-10(13)19-12/h4-5H,14H2,1-3H3,(H,15,16). The fourth-order valence-corrected chi connectivity index (χ4v) is 4.84. The van der Waals surface area contributed by atoms with Crippen molar-refractivity contribution >= 4 is 48.1 Å². The Hall–Kier alpha value is -1.12. The van der Waals surface area contributed by atoms with Crippen LogP contribution in [0.2, 0.25) is 0 Å². The summed E-state index contributed by atoms with van der Waals surface area (Å²) in [4.78, 5) is 4.20. The van der Waals surface area contributed by atoms with Gasteiger partial charge in [0.2, 0.25) is 0 Å². The van der Waals surface area contributed by atoms with E-state index in [9.17, 15) is 8.42 Å². The van der Waals surface area contributed by atoms with Crippen LogP contribution in [0.5, 0.6) is 0 Å². The third kappa shape index (κ3) is 2.82. The predicted molar refractivity (Wildman–Crippen MR) is 85.7 cm³/mol. The van der Waals surface area contributed by atoms with Gasteiger partial charge in [-0.15, -0.1) is 0 Å². The summed E-state index contributed by atoms with van der Waals surface area (Å²) in [6, 6.07) is 1.78. The number of nitrogen functional groups attached to an aromatic ring is 1. The molecule has 8 heteroatoms. The summed E-state index contributed by atoms with van der Waals surface area (Å²) < 4.78 is 28.3. The Morgan fingerprint density at radius 3 is 2.50 bits per heavy atom.